The molecule has 3 heteroatoms. The SMILES string of the molecule is CC(C)(C)C(=O)CN1CCC[C@H](CO)C1. The fraction of sp³-hybridized carbons (Fsp3) is 0.917. The molecule has 0 aromatic heterocycles. The number of nitrogens with zero attached hydrogens (tertiary/aromatic N) is 1. The summed E-state index contributed by atoms with van der Waals surface area (Å²) in [7, 11) is 0. The number of ketones is 1. The molecule has 1 aliphatic rings. The Balaban J connectivity index is 2.41. The van der Waals surface area contributed by atoms with E-state index in [0.717, 1.165) is 25.9 Å². The third-order valence-electron chi connectivity index (χ3n) is 3.07. The van der Waals surface area contributed by atoms with Crippen molar-refractivity contribution in [2.45, 2.75) is 33.6 Å². The fourth-order valence-electron chi connectivity index (χ4n) is 1.88. The summed E-state index contributed by atoms with van der Waals surface area (Å²) < 4.78 is 0. The number of rotatable bonds is 3. The van der Waals surface area contributed by atoms with Crippen LogP contribution >= 0.6 is 0 Å². The number of hydrogen-bond donors (Lipinski definition) is 1. The highest BCUT2D eigenvalue weighted by Gasteiger charge is 2.26. The van der Waals surface area contributed by atoms with Crippen LogP contribution in [0.2, 0.25) is 0 Å². The number of aliphatic hydroxyl groups is 1. The molecule has 1 atom stereocenters. The number of carbonyl (C=O) groups excluding carboxylic acids is 1. The Bertz CT molecular complexity index is 220. The van der Waals surface area contributed by atoms with Crippen LogP contribution in [0.25, 0.3) is 0 Å². The summed E-state index contributed by atoms with van der Waals surface area (Å²) in [5, 5.41) is 9.09. The Morgan fingerprint density at radius 1 is 1.47 bits per heavy atom. The summed E-state index contributed by atoms with van der Waals surface area (Å²) in [5.41, 5.74) is -0.244. The smallest absolute Gasteiger partial charge is 0.152 e. The lowest BCUT2D eigenvalue weighted by molar-refractivity contribution is -0.128. The summed E-state index contributed by atoms with van der Waals surface area (Å²) >= 11 is 0. The summed E-state index contributed by atoms with van der Waals surface area (Å²) in [4.78, 5) is 14.0. The first-order valence-electron chi connectivity index (χ1n) is 5.80. The Morgan fingerprint density at radius 2 is 2.13 bits per heavy atom. The van der Waals surface area contributed by atoms with Crippen molar-refractivity contribution in [3.8, 4) is 0 Å². The largest absolute Gasteiger partial charge is 0.396 e. The second kappa shape index (κ2) is 5.08. The molecule has 0 saturated carbocycles. The van der Waals surface area contributed by atoms with Crippen LogP contribution in [0.1, 0.15) is 33.6 Å². The first-order valence-corrected chi connectivity index (χ1v) is 5.80. The number of carbonyl (C=O) groups is 1. The van der Waals surface area contributed by atoms with Crippen LogP contribution in [0.4, 0.5) is 0 Å². The van der Waals surface area contributed by atoms with E-state index in [2.05, 4.69) is 4.90 Å². The van der Waals surface area contributed by atoms with Gasteiger partial charge in [0.2, 0.25) is 0 Å². The van der Waals surface area contributed by atoms with Crippen LogP contribution < -0.4 is 0 Å². The van der Waals surface area contributed by atoms with Gasteiger partial charge in [0.05, 0.1) is 6.54 Å². The average Bonchev–Trinajstić information content (AvgIpc) is 2.16. The minimum atomic E-state index is -0.244. The first kappa shape index (κ1) is 12.7. The van der Waals surface area contributed by atoms with E-state index in [1.807, 2.05) is 20.8 Å². The minimum absolute atomic E-state index is 0.244. The third kappa shape index (κ3) is 3.92. The van der Waals surface area contributed by atoms with E-state index >= 15 is 0 Å². The van der Waals surface area contributed by atoms with Crippen molar-refractivity contribution >= 4 is 5.78 Å². The molecule has 88 valence electrons. The van der Waals surface area contributed by atoms with E-state index in [4.69, 9.17) is 5.11 Å². The fourth-order valence-corrected chi connectivity index (χ4v) is 1.88. The maximum atomic E-state index is 11.8. The van der Waals surface area contributed by atoms with Gasteiger partial charge in [-0.3, -0.25) is 9.69 Å². The Labute approximate surface area is 92.5 Å². The molecule has 0 amide bonds. The predicted octanol–water partition coefficient (Wildman–Crippen LogP) is 1.31. The van der Waals surface area contributed by atoms with Crippen LogP contribution in [0, 0.1) is 11.3 Å². The van der Waals surface area contributed by atoms with Crippen LogP contribution in [0.5, 0.6) is 0 Å². The van der Waals surface area contributed by atoms with Gasteiger partial charge in [-0.1, -0.05) is 20.8 Å². The lowest BCUT2D eigenvalue weighted by Gasteiger charge is -2.32. The molecule has 0 spiro atoms. The van der Waals surface area contributed by atoms with E-state index in [9.17, 15) is 4.79 Å². The highest BCUT2D eigenvalue weighted by molar-refractivity contribution is 5.85. The summed E-state index contributed by atoms with van der Waals surface area (Å²) in [5.74, 6) is 0.660. The zero-order valence-electron chi connectivity index (χ0n) is 10.1. The van der Waals surface area contributed by atoms with Gasteiger partial charge < -0.3 is 5.11 Å². The molecule has 0 aromatic rings. The number of hydrogen-bond acceptors (Lipinski definition) is 3. The maximum Gasteiger partial charge on any atom is 0.152 e. The Hall–Kier alpha value is -0.410. The van der Waals surface area contributed by atoms with Gasteiger partial charge in [0.1, 0.15) is 0 Å². The average molecular weight is 213 g/mol. The molecular formula is C12H23NO2. The normalized spacial score (nSPS) is 24.1. The Kier molecular flexibility index (Phi) is 4.29. The number of likely N-dealkylation sites (tertiary alicyclic amines) is 1. The molecule has 0 aromatic carbocycles. The molecule has 1 fully saturated rings. The third-order valence-corrected chi connectivity index (χ3v) is 3.07. The molecule has 1 saturated heterocycles. The van der Waals surface area contributed by atoms with E-state index in [1.165, 1.54) is 0 Å². The topological polar surface area (TPSA) is 40.5 Å². The van der Waals surface area contributed by atoms with Crippen LogP contribution in [0.3, 0.4) is 0 Å². The number of aliphatic hydroxyl groups excluding tert-OH is 1. The predicted molar refractivity (Wildman–Crippen MR) is 60.7 cm³/mol. The summed E-state index contributed by atoms with van der Waals surface area (Å²) in [6.45, 7) is 8.55. The van der Waals surface area contributed by atoms with Gasteiger partial charge in [0.25, 0.3) is 0 Å². The van der Waals surface area contributed by atoms with Gasteiger partial charge in [0, 0.05) is 18.6 Å². The molecule has 1 heterocycles. The second-order valence-corrected chi connectivity index (χ2v) is 5.60. The van der Waals surface area contributed by atoms with E-state index < -0.39 is 0 Å². The van der Waals surface area contributed by atoms with Crippen LogP contribution in [-0.4, -0.2) is 42.0 Å². The van der Waals surface area contributed by atoms with E-state index in [-0.39, 0.29) is 12.0 Å². The van der Waals surface area contributed by atoms with Crippen LogP contribution in [-0.2, 0) is 4.79 Å². The quantitative estimate of drug-likeness (QED) is 0.768. The van der Waals surface area contributed by atoms with E-state index in [1.54, 1.807) is 0 Å². The molecular weight excluding hydrogens is 190 g/mol. The molecule has 0 aliphatic carbocycles. The highest BCUT2D eigenvalue weighted by Crippen LogP contribution is 2.19. The minimum Gasteiger partial charge on any atom is -0.396 e. The standard InChI is InChI=1S/C12H23NO2/c1-12(2,3)11(15)8-13-6-4-5-10(7-13)9-14/h10,14H,4-9H2,1-3H3/t10-/m0/s1. The number of Topliss-reactive ketones (excluding diaryl/α,β-unsaturated/α-hetero) is 1. The van der Waals surface area contributed by atoms with Crippen molar-refractivity contribution in [3.05, 3.63) is 0 Å². The molecule has 15 heavy (non-hydrogen) atoms. The molecule has 1 N–H and O–H groups in total. The summed E-state index contributed by atoms with van der Waals surface area (Å²) in [6, 6.07) is 0. The van der Waals surface area contributed by atoms with Crippen molar-refractivity contribution in [1.29, 1.82) is 0 Å². The molecule has 1 aliphatic heterocycles. The van der Waals surface area contributed by atoms with Crippen LogP contribution in [0.15, 0.2) is 0 Å². The van der Waals surface area contributed by atoms with Gasteiger partial charge in [-0.15, -0.1) is 0 Å². The van der Waals surface area contributed by atoms with Crippen molar-refractivity contribution in [3.63, 3.8) is 0 Å². The molecule has 1 rings (SSSR count). The zero-order chi connectivity index (χ0) is 11.5. The van der Waals surface area contributed by atoms with Crippen molar-refractivity contribution < 1.29 is 9.90 Å². The molecule has 0 radical (unpaired) electrons. The molecule has 3 nitrogen and oxygen atoms in total. The second-order valence-electron chi connectivity index (χ2n) is 5.60. The monoisotopic (exact) mass is 213 g/mol. The molecule has 0 bridgehead atoms. The van der Waals surface area contributed by atoms with Gasteiger partial charge in [0.15, 0.2) is 5.78 Å². The maximum absolute atomic E-state index is 11.8. The van der Waals surface area contributed by atoms with Gasteiger partial charge >= 0.3 is 0 Å². The van der Waals surface area contributed by atoms with Crippen molar-refractivity contribution in [1.82, 2.24) is 4.90 Å². The highest BCUT2D eigenvalue weighted by atomic mass is 16.3. The lowest BCUT2D eigenvalue weighted by atomic mass is 9.89. The van der Waals surface area contributed by atoms with E-state index in [0.29, 0.717) is 18.2 Å². The lowest BCUT2D eigenvalue weighted by Crippen LogP contribution is -2.42. The Morgan fingerprint density at radius 3 is 2.67 bits per heavy atom. The summed E-state index contributed by atoms with van der Waals surface area (Å²) in [6.07, 6.45) is 2.19. The van der Waals surface area contributed by atoms with Gasteiger partial charge in [-0.25, -0.2) is 0 Å². The number of piperidine rings is 1. The zero-order valence-corrected chi connectivity index (χ0v) is 10.1. The van der Waals surface area contributed by atoms with Crippen molar-refractivity contribution in [2.24, 2.45) is 11.3 Å². The van der Waals surface area contributed by atoms with Gasteiger partial charge in [-0.2, -0.15) is 0 Å². The first-order chi connectivity index (χ1) is 6.93. The molecule has 0 unspecified atom stereocenters. The van der Waals surface area contributed by atoms with Gasteiger partial charge in [-0.05, 0) is 25.3 Å². The van der Waals surface area contributed by atoms with Crippen molar-refractivity contribution in [2.75, 3.05) is 26.2 Å².